The molecular formula is C23H26ClFN6O2. The van der Waals surface area contributed by atoms with Gasteiger partial charge in [-0.25, -0.2) is 9.37 Å². The molecule has 0 saturated heterocycles. The molecule has 4 rings (SSSR count). The van der Waals surface area contributed by atoms with Crippen LogP contribution >= 0.6 is 11.6 Å². The van der Waals surface area contributed by atoms with Crippen LogP contribution in [0.1, 0.15) is 41.8 Å². The van der Waals surface area contributed by atoms with E-state index in [1.54, 1.807) is 19.2 Å². The van der Waals surface area contributed by atoms with Crippen molar-refractivity contribution in [2.75, 3.05) is 24.3 Å². The average Bonchev–Trinajstić information content (AvgIpc) is 3.16. The maximum absolute atomic E-state index is 14.4. The maximum atomic E-state index is 14.4. The van der Waals surface area contributed by atoms with Crippen molar-refractivity contribution in [2.24, 2.45) is 0 Å². The molecule has 1 amide bonds. The van der Waals surface area contributed by atoms with Crippen LogP contribution in [0.5, 0.6) is 0 Å². The first-order valence-corrected chi connectivity index (χ1v) is 11.2. The molecule has 2 heterocycles. The minimum Gasteiger partial charge on any atom is -0.363 e. The Morgan fingerprint density at radius 1 is 1.18 bits per heavy atom. The van der Waals surface area contributed by atoms with Gasteiger partial charge in [0.2, 0.25) is 5.95 Å². The summed E-state index contributed by atoms with van der Waals surface area (Å²) in [7, 11) is 3.87. The van der Waals surface area contributed by atoms with Crippen molar-refractivity contribution >= 4 is 29.3 Å². The lowest BCUT2D eigenvalue weighted by Crippen LogP contribution is -2.40. The van der Waals surface area contributed by atoms with Crippen molar-refractivity contribution in [3.63, 3.8) is 0 Å². The van der Waals surface area contributed by atoms with E-state index in [-0.39, 0.29) is 39.8 Å². The third-order valence-corrected chi connectivity index (χ3v) is 6.10. The molecular weight excluding hydrogens is 447 g/mol. The van der Waals surface area contributed by atoms with Crippen LogP contribution in [-0.4, -0.2) is 47.2 Å². The lowest BCUT2D eigenvalue weighted by Gasteiger charge is -2.29. The Hall–Kier alpha value is -3.20. The summed E-state index contributed by atoms with van der Waals surface area (Å²) in [6.45, 7) is 1.63. The minimum atomic E-state index is -0.558. The first-order chi connectivity index (χ1) is 15.8. The Balaban J connectivity index is 1.40. The molecule has 3 aromatic rings. The smallest absolute Gasteiger partial charge is 0.257 e. The molecule has 2 N–H and O–H groups in total. The van der Waals surface area contributed by atoms with Gasteiger partial charge in [-0.15, -0.1) is 0 Å². The molecule has 1 saturated carbocycles. The van der Waals surface area contributed by atoms with Gasteiger partial charge in [-0.2, -0.15) is 4.98 Å². The van der Waals surface area contributed by atoms with Crippen LogP contribution in [0.4, 0.5) is 16.2 Å². The zero-order chi connectivity index (χ0) is 23.5. The van der Waals surface area contributed by atoms with Gasteiger partial charge in [0.25, 0.3) is 5.91 Å². The van der Waals surface area contributed by atoms with Crippen molar-refractivity contribution in [3.05, 3.63) is 52.6 Å². The molecule has 8 nitrogen and oxygen atoms in total. The topological polar surface area (TPSA) is 96.2 Å². The molecule has 2 aromatic heterocycles. The van der Waals surface area contributed by atoms with E-state index in [2.05, 4.69) is 25.8 Å². The predicted molar refractivity (Wildman–Crippen MR) is 125 cm³/mol. The Morgan fingerprint density at radius 2 is 1.91 bits per heavy atom. The summed E-state index contributed by atoms with van der Waals surface area (Å²) in [5.41, 5.74) is 0.381. The van der Waals surface area contributed by atoms with Crippen molar-refractivity contribution in [1.29, 1.82) is 0 Å². The SMILES string of the molecule is Cc1onc(-c2c(F)cccc2Cl)c1C(=O)NC1CCC(Nc2nccc(N(C)C)n2)CC1. The van der Waals surface area contributed by atoms with Crippen LogP contribution in [-0.2, 0) is 0 Å². The third-order valence-electron chi connectivity index (χ3n) is 5.78. The number of halogens is 2. The molecule has 0 spiro atoms. The Bertz CT molecular complexity index is 1120. The number of anilines is 2. The van der Waals surface area contributed by atoms with Gasteiger partial charge >= 0.3 is 0 Å². The Morgan fingerprint density at radius 3 is 2.61 bits per heavy atom. The molecule has 1 aliphatic rings. The van der Waals surface area contributed by atoms with Crippen molar-refractivity contribution in [2.45, 2.75) is 44.7 Å². The van der Waals surface area contributed by atoms with Crippen LogP contribution in [0.3, 0.4) is 0 Å². The molecule has 1 aromatic carbocycles. The molecule has 1 fully saturated rings. The lowest BCUT2D eigenvalue weighted by atomic mass is 9.91. The lowest BCUT2D eigenvalue weighted by molar-refractivity contribution is 0.0925. The molecule has 0 bridgehead atoms. The van der Waals surface area contributed by atoms with Crippen molar-refractivity contribution in [1.82, 2.24) is 20.4 Å². The number of hydrogen-bond acceptors (Lipinski definition) is 7. The molecule has 0 radical (unpaired) electrons. The normalized spacial score (nSPS) is 18.1. The number of aryl methyl sites for hydroxylation is 1. The van der Waals surface area contributed by atoms with Crippen LogP contribution in [0.25, 0.3) is 11.3 Å². The summed E-state index contributed by atoms with van der Waals surface area (Å²) in [4.78, 5) is 23.8. The zero-order valence-electron chi connectivity index (χ0n) is 18.7. The highest BCUT2D eigenvalue weighted by Gasteiger charge is 2.28. The Kier molecular flexibility index (Phi) is 6.78. The van der Waals surface area contributed by atoms with E-state index in [9.17, 15) is 9.18 Å². The fourth-order valence-corrected chi connectivity index (χ4v) is 4.28. The minimum absolute atomic E-state index is 0.0113. The molecule has 174 valence electrons. The second-order valence-corrected chi connectivity index (χ2v) is 8.77. The van der Waals surface area contributed by atoms with Crippen LogP contribution in [0.15, 0.2) is 35.0 Å². The molecule has 0 aliphatic heterocycles. The zero-order valence-corrected chi connectivity index (χ0v) is 19.5. The highest BCUT2D eigenvalue weighted by molar-refractivity contribution is 6.33. The number of amides is 1. The van der Waals surface area contributed by atoms with Gasteiger partial charge in [0.1, 0.15) is 28.7 Å². The van der Waals surface area contributed by atoms with Gasteiger partial charge in [0.15, 0.2) is 0 Å². The van der Waals surface area contributed by atoms with Gasteiger partial charge in [0, 0.05) is 32.4 Å². The van der Waals surface area contributed by atoms with Crippen LogP contribution in [0.2, 0.25) is 5.02 Å². The van der Waals surface area contributed by atoms with E-state index < -0.39 is 5.82 Å². The highest BCUT2D eigenvalue weighted by Crippen LogP contribution is 2.33. The molecule has 33 heavy (non-hydrogen) atoms. The molecule has 0 atom stereocenters. The summed E-state index contributed by atoms with van der Waals surface area (Å²) >= 11 is 6.18. The van der Waals surface area contributed by atoms with Gasteiger partial charge in [-0.05, 0) is 50.8 Å². The number of nitrogens with one attached hydrogen (secondary N) is 2. The third kappa shape index (κ3) is 5.08. The monoisotopic (exact) mass is 472 g/mol. The fourth-order valence-electron chi connectivity index (χ4n) is 4.02. The number of nitrogens with zero attached hydrogens (tertiary/aromatic N) is 4. The number of benzene rings is 1. The van der Waals surface area contributed by atoms with Crippen LogP contribution in [0, 0.1) is 12.7 Å². The largest absolute Gasteiger partial charge is 0.363 e. The number of rotatable bonds is 6. The summed E-state index contributed by atoms with van der Waals surface area (Å²) in [5, 5.41) is 10.5. The van der Waals surface area contributed by atoms with Crippen molar-refractivity contribution in [3.8, 4) is 11.3 Å². The number of carbonyl (C=O) groups excluding carboxylic acids is 1. The molecule has 10 heteroatoms. The standard InChI is InChI=1S/C23H26ClFN6O2/c1-13-19(21(30-33-13)20-16(24)5-4-6-17(20)25)22(32)27-14-7-9-15(10-8-14)28-23-26-12-11-18(29-23)31(2)3/h4-6,11-12,14-15H,7-10H2,1-3H3,(H,27,32)(H,26,28,29). The summed E-state index contributed by atoms with van der Waals surface area (Å²) in [6.07, 6.45) is 5.02. The second-order valence-electron chi connectivity index (χ2n) is 8.36. The van der Waals surface area contributed by atoms with Gasteiger partial charge in [0.05, 0.1) is 10.6 Å². The first kappa shape index (κ1) is 23.0. The quantitative estimate of drug-likeness (QED) is 0.547. The van der Waals surface area contributed by atoms with E-state index in [4.69, 9.17) is 16.1 Å². The first-order valence-electron chi connectivity index (χ1n) is 10.8. The van der Waals surface area contributed by atoms with E-state index in [0.717, 1.165) is 31.5 Å². The summed E-state index contributed by atoms with van der Waals surface area (Å²) < 4.78 is 19.6. The fraction of sp³-hybridized carbons (Fsp3) is 0.391. The highest BCUT2D eigenvalue weighted by atomic mass is 35.5. The average molecular weight is 473 g/mol. The van der Waals surface area contributed by atoms with E-state index in [1.165, 1.54) is 12.1 Å². The van der Waals surface area contributed by atoms with E-state index in [1.807, 2.05) is 25.1 Å². The summed E-state index contributed by atoms with van der Waals surface area (Å²) in [6, 6.07) is 6.40. The number of carbonyl (C=O) groups is 1. The molecule has 0 unspecified atom stereocenters. The van der Waals surface area contributed by atoms with Gasteiger partial charge in [-0.1, -0.05) is 22.8 Å². The molecule has 1 aliphatic carbocycles. The van der Waals surface area contributed by atoms with Gasteiger partial charge < -0.3 is 20.1 Å². The maximum Gasteiger partial charge on any atom is 0.257 e. The van der Waals surface area contributed by atoms with Crippen molar-refractivity contribution < 1.29 is 13.7 Å². The number of hydrogen-bond donors (Lipinski definition) is 2. The van der Waals surface area contributed by atoms with Gasteiger partial charge in [-0.3, -0.25) is 4.79 Å². The summed E-state index contributed by atoms with van der Waals surface area (Å²) in [5.74, 6) is 0.845. The van der Waals surface area contributed by atoms with E-state index >= 15 is 0 Å². The van der Waals surface area contributed by atoms with Crippen LogP contribution < -0.4 is 15.5 Å². The predicted octanol–water partition coefficient (Wildman–Crippen LogP) is 4.45. The number of aromatic nitrogens is 3. The second kappa shape index (κ2) is 9.74. The van der Waals surface area contributed by atoms with E-state index in [0.29, 0.717) is 11.7 Å². The Labute approximate surface area is 196 Å².